The summed E-state index contributed by atoms with van der Waals surface area (Å²) in [5, 5.41) is 6.13. The molecule has 0 radical (unpaired) electrons. The summed E-state index contributed by atoms with van der Waals surface area (Å²) in [6, 6.07) is 16.4. The van der Waals surface area contributed by atoms with Crippen LogP contribution in [-0.2, 0) is 12.2 Å². The molecule has 4 nitrogen and oxygen atoms in total. The lowest BCUT2D eigenvalue weighted by Gasteiger charge is -2.05. The quantitative estimate of drug-likeness (QED) is 0.394. The summed E-state index contributed by atoms with van der Waals surface area (Å²) in [5.41, 5.74) is 5.90. The lowest BCUT2D eigenvalue weighted by Crippen LogP contribution is -1.90. The molecule has 2 heterocycles. The first-order chi connectivity index (χ1) is 13.2. The number of rotatable bonds is 6. The summed E-state index contributed by atoms with van der Waals surface area (Å²) in [6.45, 7) is 4.28. The minimum atomic E-state index is 0.556. The number of aryl methyl sites for hydroxylation is 2. The monoisotopic (exact) mass is 393 g/mol. The Hall–Kier alpha value is -2.44. The summed E-state index contributed by atoms with van der Waals surface area (Å²) >= 11 is 3.43. The van der Waals surface area contributed by atoms with E-state index in [1.54, 1.807) is 23.1 Å². The molecule has 0 aliphatic carbocycles. The van der Waals surface area contributed by atoms with Gasteiger partial charge >= 0.3 is 0 Å². The fourth-order valence-electron chi connectivity index (χ4n) is 2.72. The zero-order chi connectivity index (χ0) is 18.6. The molecule has 136 valence electrons. The van der Waals surface area contributed by atoms with Gasteiger partial charge < -0.3 is 4.52 Å². The van der Waals surface area contributed by atoms with Crippen molar-refractivity contribution in [3.63, 3.8) is 0 Å². The predicted molar refractivity (Wildman–Crippen MR) is 110 cm³/mol. The Morgan fingerprint density at radius 2 is 1.89 bits per heavy atom. The van der Waals surface area contributed by atoms with Crippen LogP contribution in [-0.4, -0.2) is 15.1 Å². The first-order valence-corrected chi connectivity index (χ1v) is 10.6. The Morgan fingerprint density at radius 1 is 1.04 bits per heavy atom. The van der Waals surface area contributed by atoms with Gasteiger partial charge in [-0.2, -0.15) is 4.98 Å². The average molecular weight is 394 g/mol. The van der Waals surface area contributed by atoms with E-state index in [0.717, 1.165) is 21.3 Å². The fraction of sp³-hybridized carbons (Fsp3) is 0.190. The van der Waals surface area contributed by atoms with Gasteiger partial charge in [-0.25, -0.2) is 4.98 Å². The van der Waals surface area contributed by atoms with Crippen LogP contribution in [0.2, 0.25) is 0 Å². The molecular weight excluding hydrogens is 374 g/mol. The van der Waals surface area contributed by atoms with Gasteiger partial charge in [-0.05, 0) is 25.0 Å². The van der Waals surface area contributed by atoms with Gasteiger partial charge in [0, 0.05) is 16.7 Å². The molecule has 0 aliphatic rings. The van der Waals surface area contributed by atoms with Crippen LogP contribution < -0.4 is 0 Å². The van der Waals surface area contributed by atoms with Crippen molar-refractivity contribution in [1.29, 1.82) is 0 Å². The van der Waals surface area contributed by atoms with E-state index in [0.29, 0.717) is 18.1 Å². The van der Waals surface area contributed by atoms with E-state index in [1.165, 1.54) is 16.7 Å². The van der Waals surface area contributed by atoms with Gasteiger partial charge in [-0.1, -0.05) is 71.0 Å². The number of hydrogen-bond acceptors (Lipinski definition) is 6. The third kappa shape index (κ3) is 4.46. The maximum atomic E-state index is 5.39. The summed E-state index contributed by atoms with van der Waals surface area (Å²) in [7, 11) is 0. The van der Waals surface area contributed by atoms with Crippen LogP contribution in [0, 0.1) is 13.8 Å². The Kier molecular flexibility index (Phi) is 5.36. The first-order valence-electron chi connectivity index (χ1n) is 8.69. The minimum absolute atomic E-state index is 0.556. The highest BCUT2D eigenvalue weighted by Crippen LogP contribution is 2.28. The molecule has 0 saturated carbocycles. The smallest absolute Gasteiger partial charge is 0.233 e. The van der Waals surface area contributed by atoms with Crippen molar-refractivity contribution in [1.82, 2.24) is 15.1 Å². The normalized spacial score (nSPS) is 11.0. The van der Waals surface area contributed by atoms with Gasteiger partial charge in [0.05, 0.1) is 12.1 Å². The minimum Gasteiger partial charge on any atom is -0.339 e. The Labute approximate surface area is 166 Å². The van der Waals surface area contributed by atoms with Gasteiger partial charge in [0.1, 0.15) is 4.34 Å². The number of thioether (sulfide) groups is 1. The van der Waals surface area contributed by atoms with E-state index in [9.17, 15) is 0 Å². The van der Waals surface area contributed by atoms with E-state index >= 15 is 0 Å². The van der Waals surface area contributed by atoms with Crippen molar-refractivity contribution in [2.45, 2.75) is 30.4 Å². The predicted octanol–water partition coefficient (Wildman–Crippen LogP) is 5.69. The van der Waals surface area contributed by atoms with Crippen LogP contribution in [0.25, 0.3) is 11.4 Å². The topological polar surface area (TPSA) is 51.8 Å². The molecule has 2 aromatic heterocycles. The maximum Gasteiger partial charge on any atom is 0.233 e. The van der Waals surface area contributed by atoms with Crippen LogP contribution in [0.15, 0.2) is 62.8 Å². The van der Waals surface area contributed by atoms with Gasteiger partial charge in [-0.3, -0.25) is 0 Å². The number of hydrogen-bond donors (Lipinski definition) is 0. The second kappa shape index (κ2) is 8.06. The van der Waals surface area contributed by atoms with Crippen molar-refractivity contribution in [2.24, 2.45) is 0 Å². The molecule has 27 heavy (non-hydrogen) atoms. The highest BCUT2D eigenvalue weighted by atomic mass is 32.2. The van der Waals surface area contributed by atoms with Crippen molar-refractivity contribution >= 4 is 23.1 Å². The molecule has 0 amide bonds. The lowest BCUT2D eigenvalue weighted by molar-refractivity contribution is 0.385. The van der Waals surface area contributed by atoms with E-state index in [2.05, 4.69) is 47.6 Å². The molecule has 0 aliphatic heterocycles. The van der Waals surface area contributed by atoms with Crippen LogP contribution >= 0.6 is 23.1 Å². The molecule has 0 bridgehead atoms. The van der Waals surface area contributed by atoms with E-state index in [-0.39, 0.29) is 0 Å². The number of nitrogens with zero attached hydrogens (tertiary/aromatic N) is 3. The Balaban J connectivity index is 1.40. The second-order valence-corrected chi connectivity index (χ2v) is 8.46. The van der Waals surface area contributed by atoms with E-state index < -0.39 is 0 Å². The summed E-state index contributed by atoms with van der Waals surface area (Å²) < 4.78 is 6.45. The van der Waals surface area contributed by atoms with Gasteiger partial charge in [0.15, 0.2) is 0 Å². The second-order valence-electron chi connectivity index (χ2n) is 6.38. The highest BCUT2D eigenvalue weighted by molar-refractivity contribution is 8.00. The van der Waals surface area contributed by atoms with Crippen LogP contribution in [0.1, 0.15) is 28.3 Å². The Morgan fingerprint density at radius 3 is 2.74 bits per heavy atom. The summed E-state index contributed by atoms with van der Waals surface area (Å²) in [5.74, 6) is 2.13. The molecule has 0 unspecified atom stereocenters. The molecule has 6 heteroatoms. The lowest BCUT2D eigenvalue weighted by atomic mass is 10.1. The number of thiazole rings is 1. The number of benzene rings is 2. The molecular formula is C21H19N3OS2. The van der Waals surface area contributed by atoms with Gasteiger partial charge in [0.2, 0.25) is 11.7 Å². The van der Waals surface area contributed by atoms with Gasteiger partial charge in [-0.15, -0.1) is 11.3 Å². The third-order valence-corrected chi connectivity index (χ3v) is 6.34. The number of aromatic nitrogens is 3. The molecule has 2 aromatic carbocycles. The zero-order valence-corrected chi connectivity index (χ0v) is 16.8. The van der Waals surface area contributed by atoms with Crippen LogP contribution in [0.5, 0.6) is 0 Å². The molecule has 4 aromatic rings. The molecule has 0 fully saturated rings. The molecule has 4 rings (SSSR count). The summed E-state index contributed by atoms with van der Waals surface area (Å²) in [4.78, 5) is 9.19. The van der Waals surface area contributed by atoms with Crippen molar-refractivity contribution < 1.29 is 4.52 Å². The Bertz CT molecular complexity index is 1040. The molecule has 0 spiro atoms. The van der Waals surface area contributed by atoms with E-state index in [4.69, 9.17) is 9.51 Å². The summed E-state index contributed by atoms with van der Waals surface area (Å²) in [6.07, 6.45) is 0.556. The fourth-order valence-corrected chi connectivity index (χ4v) is 4.63. The molecule has 0 saturated heterocycles. The van der Waals surface area contributed by atoms with E-state index in [1.807, 2.05) is 30.3 Å². The molecule has 0 N–H and O–H groups in total. The first kappa shape index (κ1) is 17.9. The maximum absolute atomic E-state index is 5.39. The largest absolute Gasteiger partial charge is 0.339 e. The van der Waals surface area contributed by atoms with Crippen molar-refractivity contribution in [3.8, 4) is 11.4 Å². The van der Waals surface area contributed by atoms with Gasteiger partial charge in [0.25, 0.3) is 0 Å². The standard InChI is InChI=1S/C21H19N3OS2/c1-14-8-9-15(2)17(10-14)12-26-21-22-18(13-27-21)11-19-23-20(24-25-19)16-6-4-3-5-7-16/h3-10,13H,11-12H2,1-2H3. The third-order valence-electron chi connectivity index (χ3n) is 4.22. The van der Waals surface area contributed by atoms with Crippen molar-refractivity contribution in [3.05, 3.63) is 82.2 Å². The average Bonchev–Trinajstić information content (AvgIpc) is 3.33. The SMILES string of the molecule is Cc1ccc(C)c(CSc2nc(Cc3nc(-c4ccccc4)no3)cs2)c1. The van der Waals surface area contributed by atoms with Crippen molar-refractivity contribution in [2.75, 3.05) is 0 Å². The highest BCUT2D eigenvalue weighted by Gasteiger charge is 2.12. The van der Waals surface area contributed by atoms with Crippen LogP contribution in [0.3, 0.4) is 0 Å². The molecule has 0 atom stereocenters. The zero-order valence-electron chi connectivity index (χ0n) is 15.2. The van der Waals surface area contributed by atoms with Crippen LogP contribution in [0.4, 0.5) is 0 Å².